The van der Waals surface area contributed by atoms with Gasteiger partial charge in [0.15, 0.2) is 0 Å². The van der Waals surface area contributed by atoms with Gasteiger partial charge in [0.05, 0.1) is 12.1 Å². The van der Waals surface area contributed by atoms with Crippen molar-refractivity contribution in [3.05, 3.63) is 11.9 Å². The van der Waals surface area contributed by atoms with Crippen LogP contribution in [0.1, 0.15) is 25.0 Å². The summed E-state index contributed by atoms with van der Waals surface area (Å²) < 4.78 is 1.61. The molecule has 0 bridgehead atoms. The summed E-state index contributed by atoms with van der Waals surface area (Å²) in [7, 11) is 1.79. The highest BCUT2D eigenvalue weighted by molar-refractivity contribution is 5.69. The highest BCUT2D eigenvalue weighted by Gasteiger charge is 2.48. The summed E-state index contributed by atoms with van der Waals surface area (Å²) in [6, 6.07) is 0. The number of hydrogen-bond acceptors (Lipinski definition) is 3. The summed E-state index contributed by atoms with van der Waals surface area (Å²) >= 11 is 0. The van der Waals surface area contributed by atoms with Crippen LogP contribution in [-0.2, 0) is 17.3 Å². The average molecular weight is 181 g/mol. The van der Waals surface area contributed by atoms with Crippen molar-refractivity contribution in [1.29, 1.82) is 0 Å². The second-order valence-corrected chi connectivity index (χ2v) is 3.63. The maximum Gasteiger partial charge on any atom is 0.304 e. The number of aryl methyl sites for hydroxylation is 1. The Kier molecular flexibility index (Phi) is 1.61. The Morgan fingerprint density at radius 3 is 2.85 bits per heavy atom. The molecule has 1 aromatic rings. The van der Waals surface area contributed by atoms with E-state index in [2.05, 4.69) is 10.3 Å². The van der Waals surface area contributed by atoms with Crippen LogP contribution in [0.25, 0.3) is 0 Å². The number of rotatable bonds is 3. The fourth-order valence-corrected chi connectivity index (χ4v) is 1.55. The molecule has 0 aromatic carbocycles. The zero-order valence-electron chi connectivity index (χ0n) is 7.40. The molecule has 0 spiro atoms. The van der Waals surface area contributed by atoms with Crippen LogP contribution in [0.4, 0.5) is 0 Å². The van der Waals surface area contributed by atoms with Crippen molar-refractivity contribution in [2.24, 2.45) is 7.05 Å². The summed E-state index contributed by atoms with van der Waals surface area (Å²) in [6.45, 7) is 0. The lowest BCUT2D eigenvalue weighted by Crippen LogP contribution is -2.13. The van der Waals surface area contributed by atoms with E-state index in [0.717, 1.165) is 18.5 Å². The van der Waals surface area contributed by atoms with Crippen LogP contribution in [0, 0.1) is 0 Å². The van der Waals surface area contributed by atoms with Gasteiger partial charge in [0.2, 0.25) is 0 Å². The molecule has 1 aliphatic carbocycles. The van der Waals surface area contributed by atoms with Crippen LogP contribution in [-0.4, -0.2) is 26.1 Å². The molecule has 0 atom stereocenters. The molecule has 0 radical (unpaired) electrons. The molecule has 2 rings (SSSR count). The van der Waals surface area contributed by atoms with Gasteiger partial charge in [0.25, 0.3) is 0 Å². The van der Waals surface area contributed by atoms with Crippen molar-refractivity contribution in [3.8, 4) is 0 Å². The van der Waals surface area contributed by atoms with Crippen molar-refractivity contribution >= 4 is 5.97 Å². The lowest BCUT2D eigenvalue weighted by Gasteiger charge is -2.06. The van der Waals surface area contributed by atoms with Crippen LogP contribution in [0.15, 0.2) is 6.20 Å². The molecular formula is C8H11N3O2. The Morgan fingerprint density at radius 1 is 1.77 bits per heavy atom. The number of carboxylic acids is 1. The summed E-state index contributed by atoms with van der Waals surface area (Å²) in [6.07, 6.45) is 3.80. The van der Waals surface area contributed by atoms with Gasteiger partial charge in [-0.2, -0.15) is 0 Å². The normalized spacial score (nSPS) is 18.5. The molecule has 1 fully saturated rings. The second-order valence-electron chi connectivity index (χ2n) is 3.63. The first-order chi connectivity index (χ1) is 6.12. The molecular weight excluding hydrogens is 170 g/mol. The van der Waals surface area contributed by atoms with Crippen LogP contribution in [0.5, 0.6) is 0 Å². The van der Waals surface area contributed by atoms with Gasteiger partial charge < -0.3 is 5.11 Å². The third-order valence-electron chi connectivity index (χ3n) is 2.49. The van der Waals surface area contributed by atoms with Gasteiger partial charge in [-0.1, -0.05) is 5.21 Å². The third-order valence-corrected chi connectivity index (χ3v) is 2.49. The van der Waals surface area contributed by atoms with E-state index in [-0.39, 0.29) is 11.8 Å². The molecule has 0 saturated heterocycles. The number of aromatic nitrogens is 3. The van der Waals surface area contributed by atoms with Crippen molar-refractivity contribution < 1.29 is 9.90 Å². The quantitative estimate of drug-likeness (QED) is 0.729. The highest BCUT2D eigenvalue weighted by Crippen LogP contribution is 2.49. The minimum absolute atomic E-state index is 0.172. The zero-order valence-corrected chi connectivity index (χ0v) is 7.40. The Hall–Kier alpha value is -1.39. The zero-order chi connectivity index (χ0) is 9.47. The Bertz CT molecular complexity index is 341. The highest BCUT2D eigenvalue weighted by atomic mass is 16.4. The molecule has 0 unspecified atom stereocenters. The molecule has 13 heavy (non-hydrogen) atoms. The number of hydrogen-bond donors (Lipinski definition) is 1. The lowest BCUT2D eigenvalue weighted by molar-refractivity contribution is -0.137. The van der Waals surface area contributed by atoms with Gasteiger partial charge in [-0.25, -0.2) is 0 Å². The van der Waals surface area contributed by atoms with E-state index in [0.29, 0.717) is 0 Å². The maximum atomic E-state index is 10.6. The van der Waals surface area contributed by atoms with E-state index < -0.39 is 5.97 Å². The molecule has 5 nitrogen and oxygen atoms in total. The fourth-order valence-electron chi connectivity index (χ4n) is 1.55. The van der Waals surface area contributed by atoms with Crippen LogP contribution < -0.4 is 0 Å². The summed E-state index contributed by atoms with van der Waals surface area (Å²) in [4.78, 5) is 10.6. The molecule has 1 aliphatic rings. The van der Waals surface area contributed by atoms with E-state index in [4.69, 9.17) is 5.11 Å². The molecule has 0 aliphatic heterocycles. The SMILES string of the molecule is Cn1cc(C2(CC(=O)O)CC2)nn1. The van der Waals surface area contributed by atoms with E-state index >= 15 is 0 Å². The molecule has 0 amide bonds. The fraction of sp³-hybridized carbons (Fsp3) is 0.625. The molecule has 1 heterocycles. The minimum atomic E-state index is -0.761. The van der Waals surface area contributed by atoms with Crippen molar-refractivity contribution in [2.75, 3.05) is 0 Å². The smallest absolute Gasteiger partial charge is 0.304 e. The van der Waals surface area contributed by atoms with Gasteiger partial charge in [0, 0.05) is 18.7 Å². The van der Waals surface area contributed by atoms with Gasteiger partial charge in [0.1, 0.15) is 0 Å². The Labute approximate surface area is 75.4 Å². The van der Waals surface area contributed by atoms with Gasteiger partial charge >= 0.3 is 5.97 Å². The second kappa shape index (κ2) is 2.55. The molecule has 1 saturated carbocycles. The van der Waals surface area contributed by atoms with Crippen molar-refractivity contribution in [2.45, 2.75) is 24.7 Å². The minimum Gasteiger partial charge on any atom is -0.481 e. The van der Waals surface area contributed by atoms with Gasteiger partial charge in [-0.15, -0.1) is 5.10 Å². The third kappa shape index (κ3) is 1.41. The van der Waals surface area contributed by atoms with E-state index in [9.17, 15) is 4.79 Å². The number of carbonyl (C=O) groups is 1. The monoisotopic (exact) mass is 181 g/mol. The number of nitrogens with zero attached hydrogens (tertiary/aromatic N) is 3. The first-order valence-electron chi connectivity index (χ1n) is 4.21. The summed E-state index contributed by atoms with van der Waals surface area (Å²) in [5, 5.41) is 16.5. The van der Waals surface area contributed by atoms with Crippen molar-refractivity contribution in [3.63, 3.8) is 0 Å². The maximum absolute atomic E-state index is 10.6. The van der Waals surface area contributed by atoms with Crippen LogP contribution in [0.2, 0.25) is 0 Å². The largest absolute Gasteiger partial charge is 0.481 e. The first-order valence-corrected chi connectivity index (χ1v) is 4.21. The number of aliphatic carboxylic acids is 1. The van der Waals surface area contributed by atoms with Crippen LogP contribution in [0.3, 0.4) is 0 Å². The summed E-state index contributed by atoms with van der Waals surface area (Å²) in [5.74, 6) is -0.761. The van der Waals surface area contributed by atoms with Gasteiger partial charge in [-0.3, -0.25) is 9.48 Å². The standard InChI is InChI=1S/C8H11N3O2/c1-11-5-6(9-10-11)8(2-3-8)4-7(12)13/h5H,2-4H2,1H3,(H,12,13). The predicted octanol–water partition coefficient (Wildman–Crippen LogP) is 0.321. The van der Waals surface area contributed by atoms with Crippen molar-refractivity contribution in [1.82, 2.24) is 15.0 Å². The van der Waals surface area contributed by atoms with Crippen LogP contribution >= 0.6 is 0 Å². The Morgan fingerprint density at radius 2 is 2.46 bits per heavy atom. The summed E-state index contributed by atoms with van der Waals surface area (Å²) in [5.41, 5.74) is 0.609. The molecule has 1 N–H and O–H groups in total. The van der Waals surface area contributed by atoms with Gasteiger partial charge in [-0.05, 0) is 12.8 Å². The molecule has 5 heteroatoms. The van der Waals surface area contributed by atoms with E-state index in [1.165, 1.54) is 0 Å². The average Bonchev–Trinajstić information content (AvgIpc) is 2.65. The molecule has 1 aromatic heterocycles. The molecule has 70 valence electrons. The van der Waals surface area contributed by atoms with E-state index in [1.807, 2.05) is 0 Å². The number of carboxylic acid groups (broad SMARTS) is 1. The Balaban J connectivity index is 2.20. The lowest BCUT2D eigenvalue weighted by atomic mass is 9.99. The van der Waals surface area contributed by atoms with E-state index in [1.54, 1.807) is 17.9 Å². The topological polar surface area (TPSA) is 68.0 Å². The first kappa shape index (κ1) is 8.22. The predicted molar refractivity (Wildman–Crippen MR) is 44.2 cm³/mol.